The lowest BCUT2D eigenvalue weighted by Crippen LogP contribution is -2.20. The molecule has 1 aliphatic rings. The molecular formula is C9H7BrN2O4S. The van der Waals surface area contributed by atoms with E-state index in [1.165, 1.54) is 24.4 Å². The van der Waals surface area contributed by atoms with E-state index < -0.39 is 10.1 Å². The predicted octanol–water partition coefficient (Wildman–Crippen LogP) is 1.42. The van der Waals surface area contributed by atoms with Gasteiger partial charge in [0, 0.05) is 6.21 Å². The molecule has 0 spiro atoms. The summed E-state index contributed by atoms with van der Waals surface area (Å²) in [7, 11) is -4.34. The second kappa shape index (κ2) is 4.21. The Kier molecular flexibility index (Phi) is 3.02. The number of halogens is 1. The molecule has 90 valence electrons. The number of anilines is 1. The Morgan fingerprint density at radius 2 is 2.12 bits per heavy atom. The van der Waals surface area contributed by atoms with E-state index in [0.29, 0.717) is 0 Å². The minimum Gasteiger partial charge on any atom is -0.282 e. The number of hydrogen-bond donors (Lipinski definition) is 1. The maximum absolute atomic E-state index is 11.5. The van der Waals surface area contributed by atoms with Crippen LogP contribution in [0.15, 0.2) is 32.7 Å². The molecule has 0 saturated carbocycles. The van der Waals surface area contributed by atoms with Crippen molar-refractivity contribution in [3.05, 3.63) is 22.7 Å². The van der Waals surface area contributed by atoms with Gasteiger partial charge in [-0.3, -0.25) is 9.35 Å². The summed E-state index contributed by atoms with van der Waals surface area (Å²) in [6, 6.07) is 4.18. The molecule has 0 aliphatic carbocycles. The van der Waals surface area contributed by atoms with E-state index in [0.717, 1.165) is 5.01 Å². The van der Waals surface area contributed by atoms with Crippen molar-refractivity contribution in [2.75, 3.05) is 5.01 Å². The molecule has 1 N–H and O–H groups in total. The van der Waals surface area contributed by atoms with E-state index >= 15 is 0 Å². The number of hydrogen-bond acceptors (Lipinski definition) is 4. The number of carbonyl (C=O) groups is 1. The fourth-order valence-corrected chi connectivity index (χ4v) is 3.04. The first-order valence-electron chi connectivity index (χ1n) is 4.52. The van der Waals surface area contributed by atoms with Crippen LogP contribution in [0.1, 0.15) is 6.42 Å². The zero-order chi connectivity index (χ0) is 12.6. The maximum Gasteiger partial charge on any atom is 0.295 e. The maximum atomic E-state index is 11.5. The van der Waals surface area contributed by atoms with Crippen LogP contribution in [0, 0.1) is 0 Å². The number of nitrogens with zero attached hydrogens (tertiary/aromatic N) is 2. The van der Waals surface area contributed by atoms with Crippen LogP contribution in [-0.4, -0.2) is 25.1 Å². The van der Waals surface area contributed by atoms with Crippen LogP contribution in [0.4, 0.5) is 5.69 Å². The van der Waals surface area contributed by atoms with Gasteiger partial charge in [-0.25, -0.2) is 0 Å². The second-order valence-electron chi connectivity index (χ2n) is 3.27. The third kappa shape index (κ3) is 2.24. The van der Waals surface area contributed by atoms with Gasteiger partial charge in [-0.05, 0) is 28.1 Å². The van der Waals surface area contributed by atoms with Crippen molar-refractivity contribution < 1.29 is 17.8 Å². The topological polar surface area (TPSA) is 87.0 Å². The van der Waals surface area contributed by atoms with Gasteiger partial charge in [0.05, 0.1) is 16.6 Å². The van der Waals surface area contributed by atoms with E-state index in [1.54, 1.807) is 0 Å². The zero-order valence-corrected chi connectivity index (χ0v) is 10.8. The molecule has 1 heterocycles. The van der Waals surface area contributed by atoms with Gasteiger partial charge in [0.1, 0.15) is 4.90 Å². The van der Waals surface area contributed by atoms with E-state index in [2.05, 4.69) is 21.0 Å². The van der Waals surface area contributed by atoms with Crippen LogP contribution in [0.3, 0.4) is 0 Å². The highest BCUT2D eigenvalue weighted by atomic mass is 79.9. The highest BCUT2D eigenvalue weighted by Gasteiger charge is 2.24. The molecule has 1 aromatic carbocycles. The van der Waals surface area contributed by atoms with Gasteiger partial charge in [0.25, 0.3) is 16.0 Å². The zero-order valence-electron chi connectivity index (χ0n) is 8.37. The standard InChI is InChI=1S/C9H7BrN2O4S/c10-9-6(12-8(13)4-5-11-12)2-1-3-7(9)17(14,15)16/h1-3,5H,4H2,(H,14,15,16). The number of rotatable bonds is 2. The lowest BCUT2D eigenvalue weighted by atomic mass is 10.3. The van der Waals surface area contributed by atoms with Crippen LogP contribution in [0.2, 0.25) is 0 Å². The Balaban J connectivity index is 2.58. The highest BCUT2D eigenvalue weighted by Crippen LogP contribution is 2.33. The third-order valence-corrected chi connectivity index (χ3v) is 4.14. The Morgan fingerprint density at radius 1 is 1.41 bits per heavy atom. The largest absolute Gasteiger partial charge is 0.295 e. The summed E-state index contributed by atoms with van der Waals surface area (Å²) < 4.78 is 31.3. The molecule has 1 aromatic rings. The highest BCUT2D eigenvalue weighted by molar-refractivity contribution is 9.10. The quantitative estimate of drug-likeness (QED) is 0.835. The van der Waals surface area contributed by atoms with Crippen LogP contribution in [-0.2, 0) is 14.9 Å². The van der Waals surface area contributed by atoms with Crippen molar-refractivity contribution in [3.8, 4) is 0 Å². The van der Waals surface area contributed by atoms with Crippen LogP contribution in [0.25, 0.3) is 0 Å². The number of benzene rings is 1. The van der Waals surface area contributed by atoms with Crippen LogP contribution in [0.5, 0.6) is 0 Å². The first-order valence-corrected chi connectivity index (χ1v) is 6.76. The Morgan fingerprint density at radius 3 is 2.65 bits per heavy atom. The molecule has 1 aliphatic heterocycles. The molecule has 0 aromatic heterocycles. The predicted molar refractivity (Wildman–Crippen MR) is 64.6 cm³/mol. The summed E-state index contributed by atoms with van der Waals surface area (Å²) in [4.78, 5) is 11.2. The fourth-order valence-electron chi connectivity index (χ4n) is 1.41. The summed E-state index contributed by atoms with van der Waals surface area (Å²) >= 11 is 3.05. The minimum absolute atomic E-state index is 0.106. The van der Waals surface area contributed by atoms with Gasteiger partial charge in [-0.15, -0.1) is 0 Å². The number of hydrazone groups is 1. The Labute approximate surface area is 106 Å². The van der Waals surface area contributed by atoms with Crippen molar-refractivity contribution in [2.24, 2.45) is 5.10 Å². The van der Waals surface area contributed by atoms with Crippen molar-refractivity contribution in [1.29, 1.82) is 0 Å². The van der Waals surface area contributed by atoms with E-state index in [-0.39, 0.29) is 27.4 Å². The Hall–Kier alpha value is -1.25. The molecule has 17 heavy (non-hydrogen) atoms. The fraction of sp³-hybridized carbons (Fsp3) is 0.111. The van der Waals surface area contributed by atoms with Gasteiger partial charge >= 0.3 is 0 Å². The summed E-state index contributed by atoms with van der Waals surface area (Å²) in [6.07, 6.45) is 1.59. The van der Waals surface area contributed by atoms with Crippen molar-refractivity contribution >= 4 is 43.9 Å². The number of amides is 1. The SMILES string of the molecule is O=C1CC=NN1c1cccc(S(=O)(=O)O)c1Br. The van der Waals surface area contributed by atoms with Gasteiger partial charge in [0.15, 0.2) is 0 Å². The van der Waals surface area contributed by atoms with Crippen LogP contribution < -0.4 is 5.01 Å². The Bertz CT molecular complexity index is 611. The summed E-state index contributed by atoms with van der Waals surface area (Å²) in [6.45, 7) is 0. The van der Waals surface area contributed by atoms with Gasteiger partial charge in [-0.2, -0.15) is 18.5 Å². The molecule has 6 nitrogen and oxygen atoms in total. The molecule has 0 saturated heterocycles. The molecule has 0 bridgehead atoms. The van der Waals surface area contributed by atoms with Gasteiger partial charge in [0.2, 0.25) is 0 Å². The van der Waals surface area contributed by atoms with Crippen molar-refractivity contribution in [2.45, 2.75) is 11.3 Å². The number of carbonyl (C=O) groups excluding carboxylic acids is 1. The first kappa shape index (κ1) is 12.2. The smallest absolute Gasteiger partial charge is 0.282 e. The monoisotopic (exact) mass is 318 g/mol. The lowest BCUT2D eigenvalue weighted by Gasteiger charge is -2.14. The normalized spacial score (nSPS) is 15.6. The molecule has 0 radical (unpaired) electrons. The van der Waals surface area contributed by atoms with E-state index in [4.69, 9.17) is 4.55 Å². The minimum atomic E-state index is -4.34. The average molecular weight is 319 g/mol. The molecular weight excluding hydrogens is 312 g/mol. The first-order chi connectivity index (χ1) is 7.91. The molecule has 8 heteroatoms. The second-order valence-corrected chi connectivity index (χ2v) is 5.45. The molecule has 1 amide bonds. The molecule has 0 unspecified atom stereocenters. The van der Waals surface area contributed by atoms with Gasteiger partial charge < -0.3 is 0 Å². The van der Waals surface area contributed by atoms with Crippen molar-refractivity contribution in [1.82, 2.24) is 0 Å². The van der Waals surface area contributed by atoms with Gasteiger partial charge in [-0.1, -0.05) is 6.07 Å². The summed E-state index contributed by atoms with van der Waals surface area (Å²) in [5.41, 5.74) is 0.277. The molecule has 0 fully saturated rings. The summed E-state index contributed by atoms with van der Waals surface area (Å²) in [5.74, 6) is -0.266. The van der Waals surface area contributed by atoms with Crippen molar-refractivity contribution in [3.63, 3.8) is 0 Å². The third-order valence-electron chi connectivity index (χ3n) is 2.15. The summed E-state index contributed by atoms with van der Waals surface area (Å²) in [5, 5.41) is 4.91. The lowest BCUT2D eigenvalue weighted by molar-refractivity contribution is -0.116. The van der Waals surface area contributed by atoms with E-state index in [1.807, 2.05) is 0 Å². The average Bonchev–Trinajstić information content (AvgIpc) is 2.63. The molecule has 0 atom stereocenters. The van der Waals surface area contributed by atoms with Crippen LogP contribution >= 0.6 is 15.9 Å². The van der Waals surface area contributed by atoms with E-state index in [9.17, 15) is 13.2 Å². The molecule has 2 rings (SSSR count).